The Morgan fingerprint density at radius 3 is 2.58 bits per heavy atom. The fraction of sp³-hybridized carbons (Fsp3) is 0.200. The van der Waals surface area contributed by atoms with Crippen LogP contribution in [0.4, 0.5) is 10.1 Å². The van der Waals surface area contributed by atoms with Crippen molar-refractivity contribution in [3.05, 3.63) is 89.8 Å². The van der Waals surface area contributed by atoms with E-state index in [1.807, 2.05) is 22.8 Å². The molecule has 168 valence electrons. The quantitative estimate of drug-likeness (QED) is 0.466. The number of fused-ring (bicyclic) bond motifs is 1. The predicted octanol–water partition coefficient (Wildman–Crippen LogP) is 4.04. The molecule has 2 aromatic heterocycles. The lowest BCUT2D eigenvalue weighted by atomic mass is 10.1. The van der Waals surface area contributed by atoms with Crippen LogP contribution in [-0.4, -0.2) is 38.3 Å². The average Bonchev–Trinajstić information content (AvgIpc) is 3.22. The number of nitrogens with zero attached hydrogens (tertiary/aromatic N) is 4. The number of hydrogen-bond acceptors (Lipinski definition) is 4. The molecule has 7 nitrogen and oxygen atoms in total. The lowest BCUT2D eigenvalue weighted by Gasteiger charge is -2.18. The summed E-state index contributed by atoms with van der Waals surface area (Å²) in [6.45, 7) is 2.37. The first-order valence-electron chi connectivity index (χ1n) is 10.6. The van der Waals surface area contributed by atoms with E-state index < -0.39 is 0 Å². The number of carbonyl (C=O) groups is 2. The van der Waals surface area contributed by atoms with E-state index in [-0.39, 0.29) is 17.6 Å². The second-order valence-corrected chi connectivity index (χ2v) is 7.87. The van der Waals surface area contributed by atoms with Gasteiger partial charge in [-0.05, 0) is 42.0 Å². The molecule has 0 aliphatic heterocycles. The van der Waals surface area contributed by atoms with Crippen LogP contribution in [0, 0.1) is 5.82 Å². The molecular formula is C25H24FN5O2. The summed E-state index contributed by atoms with van der Waals surface area (Å²) in [7, 11) is 1.68. The molecule has 0 saturated heterocycles. The van der Waals surface area contributed by atoms with E-state index >= 15 is 0 Å². The van der Waals surface area contributed by atoms with Gasteiger partial charge in [-0.2, -0.15) is 0 Å². The van der Waals surface area contributed by atoms with Crippen molar-refractivity contribution in [2.45, 2.75) is 26.4 Å². The Morgan fingerprint density at radius 2 is 1.88 bits per heavy atom. The zero-order valence-electron chi connectivity index (χ0n) is 18.5. The Bertz CT molecular complexity index is 1290. The Balaban J connectivity index is 1.61. The van der Waals surface area contributed by atoms with E-state index in [4.69, 9.17) is 0 Å². The minimum atomic E-state index is -0.322. The molecule has 33 heavy (non-hydrogen) atoms. The molecule has 2 heterocycles. The molecule has 0 bridgehead atoms. The van der Waals surface area contributed by atoms with Crippen LogP contribution < -0.4 is 5.32 Å². The molecule has 4 aromatic rings. The second kappa shape index (κ2) is 9.60. The molecule has 0 unspecified atom stereocenters. The Hall–Kier alpha value is -4.07. The van der Waals surface area contributed by atoms with Gasteiger partial charge in [0.05, 0.1) is 23.0 Å². The van der Waals surface area contributed by atoms with Gasteiger partial charge in [0.15, 0.2) is 0 Å². The third-order valence-electron chi connectivity index (χ3n) is 5.29. The molecule has 1 N–H and O–H groups in total. The van der Waals surface area contributed by atoms with Crippen LogP contribution in [0.25, 0.3) is 11.0 Å². The van der Waals surface area contributed by atoms with Gasteiger partial charge in [0.25, 0.3) is 5.91 Å². The SMILES string of the molecule is CC(=O)Nc1cc(C(=O)N(C)Cc2ccc(F)cc2)cc2ncn(CCc3ccccn3)c12. The van der Waals surface area contributed by atoms with Crippen molar-refractivity contribution in [2.75, 3.05) is 12.4 Å². The minimum absolute atomic E-state index is 0.226. The number of benzene rings is 2. The first kappa shape index (κ1) is 22.1. The number of halogens is 1. The molecule has 0 spiro atoms. The smallest absolute Gasteiger partial charge is 0.254 e. The molecular weight excluding hydrogens is 421 g/mol. The number of imidazole rings is 1. The summed E-state index contributed by atoms with van der Waals surface area (Å²) in [5.74, 6) is -0.786. The largest absolute Gasteiger partial charge is 0.337 e. The van der Waals surface area contributed by atoms with E-state index in [2.05, 4.69) is 15.3 Å². The van der Waals surface area contributed by atoms with Gasteiger partial charge in [0, 0.05) is 50.9 Å². The first-order valence-corrected chi connectivity index (χ1v) is 10.6. The summed E-state index contributed by atoms with van der Waals surface area (Å²) in [4.78, 5) is 35.4. The first-order chi connectivity index (χ1) is 15.9. The van der Waals surface area contributed by atoms with Crippen LogP contribution >= 0.6 is 0 Å². The minimum Gasteiger partial charge on any atom is -0.337 e. The maximum absolute atomic E-state index is 13.2. The van der Waals surface area contributed by atoms with Crippen molar-refractivity contribution < 1.29 is 14.0 Å². The van der Waals surface area contributed by atoms with Crippen molar-refractivity contribution in [3.8, 4) is 0 Å². The number of aromatic nitrogens is 3. The van der Waals surface area contributed by atoms with E-state index in [1.165, 1.54) is 19.1 Å². The zero-order valence-corrected chi connectivity index (χ0v) is 18.5. The number of amides is 2. The van der Waals surface area contributed by atoms with Crippen molar-refractivity contribution >= 4 is 28.5 Å². The monoisotopic (exact) mass is 445 g/mol. The van der Waals surface area contributed by atoms with Crippen LogP contribution in [0.3, 0.4) is 0 Å². The second-order valence-electron chi connectivity index (χ2n) is 7.87. The molecule has 0 atom stereocenters. The molecule has 0 saturated carbocycles. The summed E-state index contributed by atoms with van der Waals surface area (Å²) in [5, 5.41) is 2.83. The zero-order chi connectivity index (χ0) is 23.4. The molecule has 2 amide bonds. The van der Waals surface area contributed by atoms with Gasteiger partial charge in [-0.1, -0.05) is 18.2 Å². The van der Waals surface area contributed by atoms with Gasteiger partial charge in [0.2, 0.25) is 5.91 Å². The molecule has 0 fully saturated rings. The Kier molecular flexibility index (Phi) is 6.44. The maximum atomic E-state index is 13.2. The van der Waals surface area contributed by atoms with Gasteiger partial charge in [-0.25, -0.2) is 9.37 Å². The molecule has 0 aliphatic carbocycles. The number of hydrogen-bond donors (Lipinski definition) is 1. The molecule has 0 radical (unpaired) electrons. The highest BCUT2D eigenvalue weighted by molar-refractivity contribution is 6.04. The summed E-state index contributed by atoms with van der Waals surface area (Å²) in [6, 6.07) is 15.2. The van der Waals surface area contributed by atoms with Crippen molar-refractivity contribution in [2.24, 2.45) is 0 Å². The van der Waals surface area contributed by atoms with Crippen LogP contribution in [0.2, 0.25) is 0 Å². The average molecular weight is 445 g/mol. The lowest BCUT2D eigenvalue weighted by Crippen LogP contribution is -2.26. The highest BCUT2D eigenvalue weighted by Crippen LogP contribution is 2.26. The van der Waals surface area contributed by atoms with Gasteiger partial charge < -0.3 is 14.8 Å². The van der Waals surface area contributed by atoms with Gasteiger partial charge >= 0.3 is 0 Å². The Labute approximate surface area is 190 Å². The lowest BCUT2D eigenvalue weighted by molar-refractivity contribution is -0.114. The normalized spacial score (nSPS) is 10.9. The van der Waals surface area contributed by atoms with Crippen LogP contribution in [0.1, 0.15) is 28.5 Å². The third-order valence-corrected chi connectivity index (χ3v) is 5.29. The highest BCUT2D eigenvalue weighted by atomic mass is 19.1. The van der Waals surface area contributed by atoms with Crippen molar-refractivity contribution in [3.63, 3.8) is 0 Å². The number of nitrogens with one attached hydrogen (secondary N) is 1. The summed E-state index contributed by atoms with van der Waals surface area (Å²) < 4.78 is 15.1. The maximum Gasteiger partial charge on any atom is 0.254 e. The van der Waals surface area contributed by atoms with Crippen LogP contribution in [0.15, 0.2) is 67.1 Å². The van der Waals surface area contributed by atoms with E-state index in [0.717, 1.165) is 16.8 Å². The molecule has 0 aliphatic rings. The number of rotatable bonds is 7. The van der Waals surface area contributed by atoms with E-state index in [9.17, 15) is 14.0 Å². The summed E-state index contributed by atoms with van der Waals surface area (Å²) in [5.41, 5.74) is 4.06. The standard InChI is InChI=1S/C25H24FN5O2/c1-17(32)29-23-14-19(25(33)30(2)15-18-6-8-20(26)9-7-18)13-22-24(23)31(16-28-22)12-10-21-5-3-4-11-27-21/h3-9,11,13-14,16H,10,12,15H2,1-2H3,(H,29,32). The van der Waals surface area contributed by atoms with Gasteiger partial charge in [-0.15, -0.1) is 0 Å². The Morgan fingerprint density at radius 1 is 1.09 bits per heavy atom. The van der Waals surface area contributed by atoms with E-state index in [1.54, 1.807) is 48.7 Å². The summed E-state index contributed by atoms with van der Waals surface area (Å²) >= 11 is 0. The molecule has 2 aromatic carbocycles. The number of aryl methyl sites for hydroxylation is 2. The fourth-order valence-corrected chi connectivity index (χ4v) is 3.72. The summed E-state index contributed by atoms with van der Waals surface area (Å²) in [6.07, 6.45) is 4.16. The number of anilines is 1. The van der Waals surface area contributed by atoms with E-state index in [0.29, 0.717) is 36.3 Å². The van der Waals surface area contributed by atoms with Crippen LogP contribution in [-0.2, 0) is 24.3 Å². The molecule has 4 rings (SSSR count). The highest BCUT2D eigenvalue weighted by Gasteiger charge is 2.18. The van der Waals surface area contributed by atoms with Gasteiger partial charge in [-0.3, -0.25) is 14.6 Å². The predicted molar refractivity (Wildman–Crippen MR) is 124 cm³/mol. The van der Waals surface area contributed by atoms with Crippen molar-refractivity contribution in [1.29, 1.82) is 0 Å². The fourth-order valence-electron chi connectivity index (χ4n) is 3.72. The third kappa shape index (κ3) is 5.23. The number of pyridine rings is 1. The topological polar surface area (TPSA) is 80.1 Å². The molecule has 8 heteroatoms. The van der Waals surface area contributed by atoms with Crippen LogP contribution in [0.5, 0.6) is 0 Å². The van der Waals surface area contributed by atoms with Crippen molar-refractivity contribution in [1.82, 2.24) is 19.4 Å². The van der Waals surface area contributed by atoms with Gasteiger partial charge in [0.1, 0.15) is 5.82 Å². The number of carbonyl (C=O) groups excluding carboxylic acids is 2.